The Labute approximate surface area is 259 Å². The zero-order valence-electron chi connectivity index (χ0n) is 23.8. The van der Waals surface area contributed by atoms with Gasteiger partial charge in [-0.1, -0.05) is 66.4 Å². The number of hydrogen-bond acceptors (Lipinski definition) is 4. The van der Waals surface area contributed by atoms with Gasteiger partial charge in [-0.05, 0) is 68.3 Å². The van der Waals surface area contributed by atoms with Crippen molar-refractivity contribution in [2.24, 2.45) is 0 Å². The highest BCUT2D eigenvalue weighted by Gasteiger charge is 2.35. The standard InChI is InChI=1S/C30H32Cl2F3N3O4S/c1-4-5-15-36-29(40)21(3)37(18-22-11-14-26(31)27(32)16-22)28(39)19-38(24-8-6-7-23(17-24)30(33,34)35)43(41,42)25-12-9-20(2)10-13-25/h6-14,16-17,21H,4-5,15,18-19H2,1-3H3,(H,36,40)/t21-/m0/s1. The minimum absolute atomic E-state index is 0.154. The maximum atomic E-state index is 13.9. The average Bonchev–Trinajstić information content (AvgIpc) is 2.95. The lowest BCUT2D eigenvalue weighted by atomic mass is 10.1. The molecule has 3 aromatic rings. The summed E-state index contributed by atoms with van der Waals surface area (Å²) in [4.78, 5) is 27.9. The molecule has 0 heterocycles. The van der Waals surface area contributed by atoms with E-state index >= 15 is 0 Å². The molecule has 13 heteroatoms. The second-order valence-corrected chi connectivity index (χ2v) is 12.6. The molecule has 0 aliphatic rings. The summed E-state index contributed by atoms with van der Waals surface area (Å²) < 4.78 is 69.1. The first-order valence-electron chi connectivity index (χ1n) is 13.4. The van der Waals surface area contributed by atoms with E-state index in [1.54, 1.807) is 13.0 Å². The number of sulfonamides is 1. The molecule has 0 bridgehead atoms. The van der Waals surface area contributed by atoms with E-state index in [1.165, 1.54) is 49.4 Å². The van der Waals surface area contributed by atoms with Gasteiger partial charge in [0, 0.05) is 13.1 Å². The molecule has 43 heavy (non-hydrogen) atoms. The fraction of sp³-hybridized carbons (Fsp3) is 0.333. The van der Waals surface area contributed by atoms with Gasteiger partial charge in [0.25, 0.3) is 10.0 Å². The van der Waals surface area contributed by atoms with Crippen LogP contribution in [0.5, 0.6) is 0 Å². The molecule has 1 N–H and O–H groups in total. The van der Waals surface area contributed by atoms with Gasteiger partial charge >= 0.3 is 6.18 Å². The number of alkyl halides is 3. The van der Waals surface area contributed by atoms with Gasteiger partial charge in [-0.2, -0.15) is 13.2 Å². The minimum atomic E-state index is -4.76. The predicted molar refractivity (Wildman–Crippen MR) is 162 cm³/mol. The van der Waals surface area contributed by atoms with Crippen molar-refractivity contribution in [1.82, 2.24) is 10.2 Å². The van der Waals surface area contributed by atoms with E-state index in [0.29, 0.717) is 28.9 Å². The van der Waals surface area contributed by atoms with Crippen LogP contribution in [0.25, 0.3) is 0 Å². The fourth-order valence-electron chi connectivity index (χ4n) is 4.16. The van der Waals surface area contributed by atoms with E-state index in [4.69, 9.17) is 23.2 Å². The molecular weight excluding hydrogens is 626 g/mol. The van der Waals surface area contributed by atoms with Crippen molar-refractivity contribution >= 4 is 50.7 Å². The molecule has 2 amide bonds. The van der Waals surface area contributed by atoms with Crippen molar-refractivity contribution in [3.05, 3.63) is 93.5 Å². The van der Waals surface area contributed by atoms with Gasteiger partial charge in [-0.25, -0.2) is 8.42 Å². The number of anilines is 1. The van der Waals surface area contributed by atoms with Crippen LogP contribution in [0.2, 0.25) is 10.0 Å². The zero-order chi connectivity index (χ0) is 31.9. The molecule has 0 fully saturated rings. The number of nitrogens with zero attached hydrogens (tertiary/aromatic N) is 2. The van der Waals surface area contributed by atoms with E-state index in [9.17, 15) is 31.2 Å². The lowest BCUT2D eigenvalue weighted by Crippen LogP contribution is -2.51. The third kappa shape index (κ3) is 8.87. The Morgan fingerprint density at radius 2 is 1.65 bits per heavy atom. The van der Waals surface area contributed by atoms with Crippen molar-refractivity contribution in [2.45, 2.75) is 57.3 Å². The Morgan fingerprint density at radius 3 is 2.26 bits per heavy atom. The quantitative estimate of drug-likeness (QED) is 0.216. The number of carbonyl (C=O) groups is 2. The van der Waals surface area contributed by atoms with Crippen molar-refractivity contribution < 1.29 is 31.2 Å². The summed E-state index contributed by atoms with van der Waals surface area (Å²) in [5.74, 6) is -1.30. The number of rotatable bonds is 12. The third-order valence-electron chi connectivity index (χ3n) is 6.68. The van der Waals surface area contributed by atoms with Gasteiger partial charge in [0.2, 0.25) is 11.8 Å². The summed E-state index contributed by atoms with van der Waals surface area (Å²) in [6.45, 7) is 4.52. The molecule has 3 rings (SSSR count). The van der Waals surface area contributed by atoms with Gasteiger partial charge in [0.05, 0.1) is 26.2 Å². The lowest BCUT2D eigenvalue weighted by Gasteiger charge is -2.32. The van der Waals surface area contributed by atoms with Gasteiger partial charge < -0.3 is 10.2 Å². The summed E-state index contributed by atoms with van der Waals surface area (Å²) in [7, 11) is -4.53. The van der Waals surface area contributed by atoms with Crippen LogP contribution in [0.15, 0.2) is 71.6 Å². The Bertz CT molecular complexity index is 1550. The zero-order valence-corrected chi connectivity index (χ0v) is 26.1. The van der Waals surface area contributed by atoms with Crippen LogP contribution in [-0.2, 0) is 32.3 Å². The number of carbonyl (C=O) groups excluding carboxylic acids is 2. The normalized spacial score (nSPS) is 12.5. The van der Waals surface area contributed by atoms with Crippen molar-refractivity contribution in [2.75, 3.05) is 17.4 Å². The smallest absolute Gasteiger partial charge is 0.354 e. The molecule has 0 unspecified atom stereocenters. The highest BCUT2D eigenvalue weighted by atomic mass is 35.5. The fourth-order valence-corrected chi connectivity index (χ4v) is 5.88. The maximum absolute atomic E-state index is 13.9. The van der Waals surface area contributed by atoms with Crippen LogP contribution in [0.1, 0.15) is 43.4 Å². The number of hydrogen-bond donors (Lipinski definition) is 1. The third-order valence-corrected chi connectivity index (χ3v) is 9.21. The van der Waals surface area contributed by atoms with Crippen molar-refractivity contribution in [3.8, 4) is 0 Å². The topological polar surface area (TPSA) is 86.8 Å². The molecule has 1 atom stereocenters. The van der Waals surface area contributed by atoms with Gasteiger partial charge in [-0.3, -0.25) is 13.9 Å². The summed E-state index contributed by atoms with van der Waals surface area (Å²) in [6.07, 6.45) is -3.23. The number of nitrogens with one attached hydrogen (secondary N) is 1. The number of halogens is 5. The van der Waals surface area contributed by atoms with E-state index in [2.05, 4.69) is 5.32 Å². The minimum Gasteiger partial charge on any atom is -0.354 e. The molecular formula is C30H32Cl2F3N3O4S. The first kappa shape index (κ1) is 34.2. The number of unbranched alkanes of at least 4 members (excludes halogenated alkanes) is 1. The van der Waals surface area contributed by atoms with E-state index < -0.39 is 46.2 Å². The van der Waals surface area contributed by atoms with Gasteiger partial charge in [-0.15, -0.1) is 0 Å². The molecule has 0 saturated heterocycles. The van der Waals surface area contributed by atoms with E-state index in [1.807, 2.05) is 6.92 Å². The highest BCUT2D eigenvalue weighted by molar-refractivity contribution is 7.92. The van der Waals surface area contributed by atoms with Crippen LogP contribution in [0.4, 0.5) is 18.9 Å². The molecule has 0 saturated carbocycles. The molecule has 0 aliphatic heterocycles. The SMILES string of the molecule is CCCCNC(=O)[C@H](C)N(Cc1ccc(Cl)c(Cl)c1)C(=O)CN(c1cccc(C(F)(F)F)c1)S(=O)(=O)c1ccc(C)cc1. The molecule has 3 aromatic carbocycles. The number of benzene rings is 3. The Morgan fingerprint density at radius 1 is 0.977 bits per heavy atom. The number of aryl methyl sites for hydroxylation is 1. The molecule has 0 radical (unpaired) electrons. The highest BCUT2D eigenvalue weighted by Crippen LogP contribution is 2.33. The van der Waals surface area contributed by atoms with Gasteiger partial charge in [0.1, 0.15) is 12.6 Å². The van der Waals surface area contributed by atoms with Crippen LogP contribution < -0.4 is 9.62 Å². The molecule has 0 spiro atoms. The van der Waals surface area contributed by atoms with Gasteiger partial charge in [0.15, 0.2) is 0 Å². The van der Waals surface area contributed by atoms with Crippen LogP contribution in [-0.4, -0.2) is 44.3 Å². The second-order valence-electron chi connectivity index (χ2n) is 9.96. The summed E-state index contributed by atoms with van der Waals surface area (Å²) in [5, 5.41) is 3.24. The average molecular weight is 659 g/mol. The Hall–Kier alpha value is -3.28. The summed E-state index contributed by atoms with van der Waals surface area (Å²) in [6, 6.07) is 13.0. The number of amides is 2. The first-order valence-corrected chi connectivity index (χ1v) is 15.6. The summed E-state index contributed by atoms with van der Waals surface area (Å²) >= 11 is 12.2. The molecule has 0 aliphatic carbocycles. The van der Waals surface area contributed by atoms with E-state index in [0.717, 1.165) is 29.0 Å². The largest absolute Gasteiger partial charge is 0.416 e. The second kappa shape index (κ2) is 14.5. The lowest BCUT2D eigenvalue weighted by molar-refractivity contribution is -0.139. The Balaban J connectivity index is 2.08. The molecule has 7 nitrogen and oxygen atoms in total. The molecule has 0 aromatic heterocycles. The van der Waals surface area contributed by atoms with Crippen LogP contribution in [0, 0.1) is 6.92 Å². The van der Waals surface area contributed by atoms with E-state index in [-0.39, 0.29) is 27.2 Å². The monoisotopic (exact) mass is 657 g/mol. The first-order chi connectivity index (χ1) is 20.1. The molecule has 232 valence electrons. The Kier molecular flexibility index (Phi) is 11.5. The predicted octanol–water partition coefficient (Wildman–Crippen LogP) is 6.85. The maximum Gasteiger partial charge on any atom is 0.416 e. The summed E-state index contributed by atoms with van der Waals surface area (Å²) in [5.41, 5.74) is -0.185. The van der Waals surface area contributed by atoms with Crippen LogP contribution >= 0.6 is 23.2 Å². The van der Waals surface area contributed by atoms with Crippen LogP contribution in [0.3, 0.4) is 0 Å². The van der Waals surface area contributed by atoms with Crippen molar-refractivity contribution in [1.29, 1.82) is 0 Å². The van der Waals surface area contributed by atoms with Crippen molar-refractivity contribution in [3.63, 3.8) is 0 Å².